The Hall–Kier alpha value is -5.80. The number of aryl methyl sites for hydroxylation is 1. The van der Waals surface area contributed by atoms with Crippen LogP contribution < -0.4 is 0 Å². The molecule has 3 heteroatoms. The lowest BCUT2D eigenvalue weighted by Crippen LogP contribution is -1.97. The van der Waals surface area contributed by atoms with E-state index in [1.165, 1.54) is 65.6 Å². The van der Waals surface area contributed by atoms with Gasteiger partial charge in [0.1, 0.15) is 11.2 Å². The van der Waals surface area contributed by atoms with E-state index in [9.17, 15) is 0 Å². The Morgan fingerprint density at radius 1 is 0.409 bits per heavy atom. The van der Waals surface area contributed by atoms with Gasteiger partial charge in [-0.15, -0.1) is 0 Å². The van der Waals surface area contributed by atoms with Crippen LogP contribution in [0.25, 0.3) is 87.7 Å². The minimum absolute atomic E-state index is 0.907. The molecule has 0 atom stereocenters. The largest absolute Gasteiger partial charge is 0.456 e. The standard InChI is InChI=1S/C41H26N2O/c1-25-11-10-12-26(23-25)42-34-18-7-4-16-31(34)38-39-32-17-5-8-19-35(32)43(41(39)30-15-3-2-14-29(30)40(38)42)27-21-22-37-33(24-27)28-13-6-9-20-36(28)44-37/h2-24H,1H3. The number of rotatable bonds is 2. The first-order valence-electron chi connectivity index (χ1n) is 15.1. The highest BCUT2D eigenvalue weighted by atomic mass is 16.3. The zero-order chi connectivity index (χ0) is 28.9. The third-order valence-electron chi connectivity index (χ3n) is 9.32. The number of para-hydroxylation sites is 3. The summed E-state index contributed by atoms with van der Waals surface area (Å²) in [5.74, 6) is 0. The van der Waals surface area contributed by atoms with E-state index in [-0.39, 0.29) is 0 Å². The van der Waals surface area contributed by atoms with Gasteiger partial charge in [0.25, 0.3) is 0 Å². The predicted octanol–water partition coefficient (Wildman–Crippen LogP) is 11.2. The van der Waals surface area contributed by atoms with Gasteiger partial charge in [-0.05, 0) is 61.0 Å². The molecule has 0 unspecified atom stereocenters. The van der Waals surface area contributed by atoms with E-state index in [4.69, 9.17) is 4.42 Å². The Morgan fingerprint density at radius 3 is 1.57 bits per heavy atom. The predicted molar refractivity (Wildman–Crippen MR) is 185 cm³/mol. The average molecular weight is 563 g/mol. The molecule has 44 heavy (non-hydrogen) atoms. The van der Waals surface area contributed by atoms with Crippen LogP contribution in [-0.2, 0) is 0 Å². The van der Waals surface area contributed by atoms with Crippen molar-refractivity contribution in [2.45, 2.75) is 6.92 Å². The third-order valence-corrected chi connectivity index (χ3v) is 9.32. The van der Waals surface area contributed by atoms with Crippen molar-refractivity contribution in [1.82, 2.24) is 9.13 Å². The molecule has 3 nitrogen and oxygen atoms in total. The smallest absolute Gasteiger partial charge is 0.135 e. The molecule has 3 aromatic heterocycles. The summed E-state index contributed by atoms with van der Waals surface area (Å²) < 4.78 is 11.1. The van der Waals surface area contributed by atoms with Gasteiger partial charge in [-0.3, -0.25) is 0 Å². The van der Waals surface area contributed by atoms with Crippen molar-refractivity contribution in [2.24, 2.45) is 0 Å². The van der Waals surface area contributed by atoms with Gasteiger partial charge in [0.15, 0.2) is 0 Å². The minimum Gasteiger partial charge on any atom is -0.456 e. The molecule has 0 aliphatic heterocycles. The number of hydrogen-bond donors (Lipinski definition) is 0. The van der Waals surface area contributed by atoms with Crippen molar-refractivity contribution in [3.8, 4) is 11.4 Å². The Kier molecular flexibility index (Phi) is 4.65. The number of aromatic nitrogens is 2. The first-order valence-corrected chi connectivity index (χ1v) is 15.1. The second kappa shape index (κ2) is 8.62. The molecular formula is C41H26N2O. The zero-order valence-electron chi connectivity index (χ0n) is 24.1. The van der Waals surface area contributed by atoms with E-state index in [0.717, 1.165) is 27.6 Å². The van der Waals surface area contributed by atoms with Gasteiger partial charge >= 0.3 is 0 Å². The van der Waals surface area contributed by atoms with Crippen molar-refractivity contribution in [1.29, 1.82) is 0 Å². The van der Waals surface area contributed by atoms with Gasteiger partial charge in [0.2, 0.25) is 0 Å². The van der Waals surface area contributed by atoms with E-state index >= 15 is 0 Å². The van der Waals surface area contributed by atoms with Crippen molar-refractivity contribution in [3.05, 3.63) is 145 Å². The summed E-state index contributed by atoms with van der Waals surface area (Å²) >= 11 is 0. The molecule has 0 aliphatic rings. The van der Waals surface area contributed by atoms with Gasteiger partial charge in [-0.1, -0.05) is 91.0 Å². The second-order valence-electron chi connectivity index (χ2n) is 11.8. The van der Waals surface area contributed by atoms with Crippen LogP contribution in [0.1, 0.15) is 5.56 Å². The molecule has 0 fully saturated rings. The molecule has 0 amide bonds. The molecule has 0 N–H and O–H groups in total. The first kappa shape index (κ1) is 23.7. The SMILES string of the molecule is Cc1cccc(-n2c3ccccc3c3c4c5ccccc5n(-c5ccc6oc7ccccc7c6c5)c4c4ccccc4c32)c1. The summed E-state index contributed by atoms with van der Waals surface area (Å²) in [6.07, 6.45) is 0. The highest BCUT2D eigenvalue weighted by molar-refractivity contribution is 6.37. The van der Waals surface area contributed by atoms with Gasteiger partial charge in [0, 0.05) is 54.5 Å². The molecule has 206 valence electrons. The van der Waals surface area contributed by atoms with Gasteiger partial charge in [-0.2, -0.15) is 0 Å². The van der Waals surface area contributed by atoms with E-state index in [1.807, 2.05) is 12.1 Å². The number of benzene rings is 7. The number of nitrogens with zero attached hydrogens (tertiary/aromatic N) is 2. The van der Waals surface area contributed by atoms with E-state index in [2.05, 4.69) is 143 Å². The van der Waals surface area contributed by atoms with Crippen LogP contribution in [0.2, 0.25) is 0 Å². The molecule has 0 bridgehead atoms. The molecule has 10 rings (SSSR count). The molecule has 3 heterocycles. The monoisotopic (exact) mass is 562 g/mol. The van der Waals surface area contributed by atoms with Crippen LogP contribution in [0.4, 0.5) is 0 Å². The van der Waals surface area contributed by atoms with Crippen LogP contribution in [0, 0.1) is 6.92 Å². The number of furan rings is 1. The maximum atomic E-state index is 6.22. The van der Waals surface area contributed by atoms with Crippen molar-refractivity contribution >= 4 is 76.3 Å². The Labute approximate surface area is 252 Å². The normalized spacial score (nSPS) is 12.2. The van der Waals surface area contributed by atoms with Gasteiger partial charge in [-0.25, -0.2) is 0 Å². The maximum absolute atomic E-state index is 6.22. The number of fused-ring (bicyclic) bond motifs is 13. The van der Waals surface area contributed by atoms with Crippen molar-refractivity contribution in [3.63, 3.8) is 0 Å². The lowest BCUT2D eigenvalue weighted by atomic mass is 9.99. The Balaban J connectivity index is 1.46. The fraction of sp³-hybridized carbons (Fsp3) is 0.0244. The highest BCUT2D eigenvalue weighted by Gasteiger charge is 2.24. The van der Waals surface area contributed by atoms with E-state index in [0.29, 0.717) is 0 Å². The number of hydrogen-bond acceptors (Lipinski definition) is 1. The quantitative estimate of drug-likeness (QED) is 0.205. The Morgan fingerprint density at radius 2 is 0.932 bits per heavy atom. The summed E-state index contributed by atoms with van der Waals surface area (Å²) in [5, 5.41) is 9.84. The van der Waals surface area contributed by atoms with Gasteiger partial charge in [0.05, 0.1) is 22.1 Å². The zero-order valence-corrected chi connectivity index (χ0v) is 24.1. The van der Waals surface area contributed by atoms with Crippen molar-refractivity contribution < 1.29 is 4.42 Å². The first-order chi connectivity index (χ1) is 21.8. The van der Waals surface area contributed by atoms with Crippen LogP contribution in [0.5, 0.6) is 0 Å². The molecular weight excluding hydrogens is 536 g/mol. The van der Waals surface area contributed by atoms with Crippen LogP contribution >= 0.6 is 0 Å². The maximum Gasteiger partial charge on any atom is 0.135 e. The summed E-state index contributed by atoms with van der Waals surface area (Å²) in [6.45, 7) is 2.17. The van der Waals surface area contributed by atoms with Crippen molar-refractivity contribution in [2.75, 3.05) is 0 Å². The van der Waals surface area contributed by atoms with Crippen LogP contribution in [0.3, 0.4) is 0 Å². The van der Waals surface area contributed by atoms with E-state index < -0.39 is 0 Å². The molecule has 7 aromatic carbocycles. The fourth-order valence-corrected chi connectivity index (χ4v) is 7.55. The molecule has 10 aromatic rings. The molecule has 0 aliphatic carbocycles. The van der Waals surface area contributed by atoms with Crippen LogP contribution in [0.15, 0.2) is 144 Å². The van der Waals surface area contributed by atoms with E-state index in [1.54, 1.807) is 0 Å². The lowest BCUT2D eigenvalue weighted by Gasteiger charge is -2.13. The summed E-state index contributed by atoms with van der Waals surface area (Å²) in [7, 11) is 0. The molecule has 0 saturated carbocycles. The molecule has 0 spiro atoms. The fourth-order valence-electron chi connectivity index (χ4n) is 7.55. The summed E-state index contributed by atoms with van der Waals surface area (Å²) in [6, 6.07) is 50.4. The summed E-state index contributed by atoms with van der Waals surface area (Å²) in [5.41, 5.74) is 10.3. The topological polar surface area (TPSA) is 23.0 Å². The molecule has 0 saturated heterocycles. The average Bonchev–Trinajstić information content (AvgIpc) is 3.72. The summed E-state index contributed by atoms with van der Waals surface area (Å²) in [4.78, 5) is 0. The Bertz CT molecular complexity index is 2790. The van der Waals surface area contributed by atoms with Crippen LogP contribution in [-0.4, -0.2) is 9.13 Å². The van der Waals surface area contributed by atoms with Gasteiger partial charge < -0.3 is 13.6 Å². The molecule has 0 radical (unpaired) electrons. The highest BCUT2D eigenvalue weighted by Crippen LogP contribution is 2.47. The second-order valence-corrected chi connectivity index (χ2v) is 11.8. The lowest BCUT2D eigenvalue weighted by molar-refractivity contribution is 0.669. The minimum atomic E-state index is 0.907. The third kappa shape index (κ3) is 3.05.